The van der Waals surface area contributed by atoms with Crippen molar-refractivity contribution in [2.24, 2.45) is 5.92 Å². The number of likely N-dealkylation sites (tertiary alicyclic amines) is 1. The first kappa shape index (κ1) is 18.4. The number of hydrogen-bond acceptors (Lipinski definition) is 3. The highest BCUT2D eigenvalue weighted by Gasteiger charge is 2.31. The van der Waals surface area contributed by atoms with Gasteiger partial charge in [0.1, 0.15) is 0 Å². The zero-order chi connectivity index (χ0) is 18.6. The third-order valence-electron chi connectivity index (χ3n) is 6.15. The van der Waals surface area contributed by atoms with Crippen LogP contribution in [-0.2, 0) is 6.54 Å². The van der Waals surface area contributed by atoms with Crippen LogP contribution in [-0.4, -0.2) is 31.2 Å². The molecule has 2 aliphatic rings. The van der Waals surface area contributed by atoms with Crippen LogP contribution in [0.15, 0.2) is 48.5 Å². The predicted molar refractivity (Wildman–Crippen MR) is 110 cm³/mol. The zero-order valence-electron chi connectivity index (χ0n) is 16.6. The van der Waals surface area contributed by atoms with Crippen molar-refractivity contribution in [3.8, 4) is 11.5 Å². The summed E-state index contributed by atoms with van der Waals surface area (Å²) in [6.45, 7) is 5.65. The van der Waals surface area contributed by atoms with Crippen LogP contribution in [0.4, 0.5) is 0 Å². The van der Waals surface area contributed by atoms with Crippen LogP contribution < -0.4 is 9.47 Å². The Morgan fingerprint density at radius 2 is 1.74 bits per heavy atom. The second-order valence-corrected chi connectivity index (χ2v) is 8.20. The lowest BCUT2D eigenvalue weighted by Gasteiger charge is -2.20. The quantitative estimate of drug-likeness (QED) is 0.698. The Morgan fingerprint density at radius 1 is 0.963 bits per heavy atom. The lowest BCUT2D eigenvalue weighted by atomic mass is 9.90. The molecule has 1 saturated heterocycles. The molecule has 1 heterocycles. The summed E-state index contributed by atoms with van der Waals surface area (Å²) in [6, 6.07) is 17.3. The van der Waals surface area contributed by atoms with E-state index in [9.17, 15) is 0 Å². The number of methoxy groups -OCH3 is 1. The molecular weight excluding hydrogens is 334 g/mol. The van der Waals surface area contributed by atoms with Crippen LogP contribution in [0.5, 0.6) is 11.5 Å². The van der Waals surface area contributed by atoms with Crippen molar-refractivity contribution in [3.63, 3.8) is 0 Å². The average molecular weight is 366 g/mol. The van der Waals surface area contributed by atoms with Crippen molar-refractivity contribution in [2.75, 3.05) is 20.2 Å². The van der Waals surface area contributed by atoms with Gasteiger partial charge in [0.05, 0.1) is 13.2 Å². The molecule has 4 rings (SSSR count). The van der Waals surface area contributed by atoms with E-state index in [1.807, 2.05) is 0 Å². The van der Waals surface area contributed by atoms with Crippen LogP contribution in [0, 0.1) is 5.92 Å². The van der Waals surface area contributed by atoms with E-state index >= 15 is 0 Å². The molecule has 2 aromatic rings. The second-order valence-electron chi connectivity index (χ2n) is 8.20. The van der Waals surface area contributed by atoms with E-state index in [0.29, 0.717) is 17.9 Å². The Morgan fingerprint density at radius 3 is 2.48 bits per heavy atom. The van der Waals surface area contributed by atoms with Crippen LogP contribution in [0.1, 0.15) is 49.7 Å². The molecule has 2 atom stereocenters. The summed E-state index contributed by atoms with van der Waals surface area (Å²) in [5.74, 6) is 2.97. The van der Waals surface area contributed by atoms with E-state index in [1.54, 1.807) is 7.11 Å². The Kier molecular flexibility index (Phi) is 5.68. The zero-order valence-corrected chi connectivity index (χ0v) is 16.6. The average Bonchev–Trinajstić information content (AvgIpc) is 3.32. The molecule has 0 amide bonds. The molecule has 0 N–H and O–H groups in total. The maximum Gasteiger partial charge on any atom is 0.161 e. The van der Waals surface area contributed by atoms with Gasteiger partial charge in [-0.05, 0) is 54.9 Å². The molecule has 0 aromatic heterocycles. The standard InChI is InChI=1S/C24H31NO2/c1-18-15-25(16-19-8-4-3-5-9-19)17-22(18)20-12-13-23(26-2)24(14-20)27-21-10-6-7-11-21/h3-5,8-9,12-14,18,21-22H,6-7,10-11,15-17H2,1-2H3/t18-,22+/m1/s1. The van der Waals surface area contributed by atoms with Crippen LogP contribution in [0.2, 0.25) is 0 Å². The third kappa shape index (κ3) is 4.30. The van der Waals surface area contributed by atoms with E-state index < -0.39 is 0 Å². The molecule has 3 heteroatoms. The summed E-state index contributed by atoms with van der Waals surface area (Å²) < 4.78 is 11.9. The first-order valence-corrected chi connectivity index (χ1v) is 10.3. The molecule has 0 radical (unpaired) electrons. The summed E-state index contributed by atoms with van der Waals surface area (Å²) in [7, 11) is 1.73. The molecule has 27 heavy (non-hydrogen) atoms. The minimum absolute atomic E-state index is 0.352. The molecule has 144 valence electrons. The van der Waals surface area contributed by atoms with Crippen LogP contribution in [0.3, 0.4) is 0 Å². The largest absolute Gasteiger partial charge is 0.493 e. The van der Waals surface area contributed by atoms with Crippen molar-refractivity contribution in [2.45, 2.75) is 51.2 Å². The lowest BCUT2D eigenvalue weighted by Crippen LogP contribution is -2.20. The number of benzene rings is 2. The molecule has 0 unspecified atom stereocenters. The van der Waals surface area contributed by atoms with Gasteiger partial charge in [0.15, 0.2) is 11.5 Å². The summed E-state index contributed by atoms with van der Waals surface area (Å²) >= 11 is 0. The minimum atomic E-state index is 0.352. The first-order valence-electron chi connectivity index (χ1n) is 10.3. The highest BCUT2D eigenvalue weighted by Crippen LogP contribution is 2.39. The number of hydrogen-bond donors (Lipinski definition) is 0. The van der Waals surface area contributed by atoms with E-state index in [0.717, 1.165) is 44.0 Å². The van der Waals surface area contributed by atoms with Gasteiger partial charge < -0.3 is 9.47 Å². The number of rotatable bonds is 6. The van der Waals surface area contributed by atoms with Gasteiger partial charge in [0.2, 0.25) is 0 Å². The SMILES string of the molecule is COc1ccc([C@H]2CN(Cc3ccccc3)C[C@H]2C)cc1OC1CCCC1. The highest BCUT2D eigenvalue weighted by molar-refractivity contribution is 5.44. The van der Waals surface area contributed by atoms with Crippen molar-refractivity contribution in [3.05, 3.63) is 59.7 Å². The van der Waals surface area contributed by atoms with Crippen LogP contribution in [0.25, 0.3) is 0 Å². The summed E-state index contributed by atoms with van der Waals surface area (Å²) in [4.78, 5) is 2.58. The molecule has 1 aliphatic heterocycles. The maximum absolute atomic E-state index is 6.32. The van der Waals surface area contributed by atoms with E-state index in [2.05, 4.69) is 60.4 Å². The molecule has 0 spiro atoms. The van der Waals surface area contributed by atoms with Crippen molar-refractivity contribution in [1.82, 2.24) is 4.90 Å². The van der Waals surface area contributed by atoms with Gasteiger partial charge in [-0.3, -0.25) is 4.90 Å². The van der Waals surface area contributed by atoms with Gasteiger partial charge in [-0.15, -0.1) is 0 Å². The highest BCUT2D eigenvalue weighted by atomic mass is 16.5. The first-order chi connectivity index (χ1) is 13.2. The molecule has 2 fully saturated rings. The second kappa shape index (κ2) is 8.35. The van der Waals surface area contributed by atoms with Crippen molar-refractivity contribution >= 4 is 0 Å². The maximum atomic E-state index is 6.32. The van der Waals surface area contributed by atoms with Gasteiger partial charge in [-0.25, -0.2) is 0 Å². The topological polar surface area (TPSA) is 21.7 Å². The fraction of sp³-hybridized carbons (Fsp3) is 0.500. The Hall–Kier alpha value is -2.00. The number of nitrogens with zero attached hydrogens (tertiary/aromatic N) is 1. The third-order valence-corrected chi connectivity index (χ3v) is 6.15. The van der Waals surface area contributed by atoms with Gasteiger partial charge in [-0.2, -0.15) is 0 Å². The fourth-order valence-corrected chi connectivity index (χ4v) is 4.67. The Balaban J connectivity index is 1.48. The molecule has 3 nitrogen and oxygen atoms in total. The van der Waals surface area contributed by atoms with Gasteiger partial charge in [0.25, 0.3) is 0 Å². The molecule has 0 bridgehead atoms. The lowest BCUT2D eigenvalue weighted by molar-refractivity contribution is 0.200. The molecular formula is C24H31NO2. The summed E-state index contributed by atoms with van der Waals surface area (Å²) in [5, 5.41) is 0. The summed E-state index contributed by atoms with van der Waals surface area (Å²) in [5.41, 5.74) is 2.78. The Bertz CT molecular complexity index is 739. The molecule has 1 saturated carbocycles. The van der Waals surface area contributed by atoms with Gasteiger partial charge >= 0.3 is 0 Å². The monoisotopic (exact) mass is 365 g/mol. The van der Waals surface area contributed by atoms with E-state index in [4.69, 9.17) is 9.47 Å². The molecule has 1 aliphatic carbocycles. The van der Waals surface area contributed by atoms with E-state index in [-0.39, 0.29) is 0 Å². The normalized spacial score (nSPS) is 23.6. The van der Waals surface area contributed by atoms with Crippen LogP contribution >= 0.6 is 0 Å². The van der Waals surface area contributed by atoms with Crippen molar-refractivity contribution < 1.29 is 9.47 Å². The van der Waals surface area contributed by atoms with Gasteiger partial charge in [-0.1, -0.05) is 43.3 Å². The smallest absolute Gasteiger partial charge is 0.161 e. The van der Waals surface area contributed by atoms with Gasteiger partial charge in [0, 0.05) is 25.6 Å². The fourth-order valence-electron chi connectivity index (χ4n) is 4.67. The number of ether oxygens (including phenoxy) is 2. The van der Waals surface area contributed by atoms with E-state index in [1.165, 1.54) is 24.0 Å². The molecule has 2 aromatic carbocycles. The summed E-state index contributed by atoms with van der Waals surface area (Å²) in [6.07, 6.45) is 5.24. The Labute approximate surface area is 163 Å². The predicted octanol–water partition coefficient (Wildman–Crippen LogP) is 5.25. The van der Waals surface area contributed by atoms with Crippen molar-refractivity contribution in [1.29, 1.82) is 0 Å². The minimum Gasteiger partial charge on any atom is -0.493 e.